The number of hydrogen-bond acceptors (Lipinski definition) is 3. The fraction of sp³-hybridized carbons (Fsp3) is 0.438. The van der Waals surface area contributed by atoms with Gasteiger partial charge in [0.25, 0.3) is 0 Å². The van der Waals surface area contributed by atoms with E-state index in [-0.39, 0.29) is 12.5 Å². The van der Waals surface area contributed by atoms with Gasteiger partial charge in [-0.2, -0.15) is 0 Å². The van der Waals surface area contributed by atoms with Crippen LogP contribution in [0.25, 0.3) is 10.9 Å². The van der Waals surface area contributed by atoms with Crippen LogP contribution in [0.5, 0.6) is 0 Å². The van der Waals surface area contributed by atoms with Crippen molar-refractivity contribution in [2.75, 3.05) is 19.7 Å². The number of aromatic amines is 1. The Hall–Kier alpha value is -1.85. The standard InChI is InChI=1S/C16H23N3O2/c1-2-19(8-5-9-20)16(21)14(17)10-12-11-18-15-7-4-3-6-13(12)15/h3-4,6-7,11,14,18,20H,2,5,8-10,17H2,1H3/t14-/m1/s1. The van der Waals surface area contributed by atoms with Gasteiger partial charge in [-0.3, -0.25) is 4.79 Å². The van der Waals surface area contributed by atoms with Crippen LogP contribution in [0, 0.1) is 0 Å². The van der Waals surface area contributed by atoms with E-state index in [1.807, 2.05) is 37.4 Å². The minimum absolute atomic E-state index is 0.0590. The predicted molar refractivity (Wildman–Crippen MR) is 83.9 cm³/mol. The number of fused-ring (bicyclic) bond motifs is 1. The van der Waals surface area contributed by atoms with Crippen LogP contribution < -0.4 is 5.73 Å². The first-order chi connectivity index (χ1) is 10.2. The van der Waals surface area contributed by atoms with E-state index in [0.717, 1.165) is 16.5 Å². The molecule has 0 spiro atoms. The van der Waals surface area contributed by atoms with Gasteiger partial charge in [-0.25, -0.2) is 0 Å². The Morgan fingerprint density at radius 2 is 2.19 bits per heavy atom. The fourth-order valence-corrected chi connectivity index (χ4v) is 2.54. The Bertz CT molecular complexity index is 594. The summed E-state index contributed by atoms with van der Waals surface area (Å²) in [5, 5.41) is 9.99. The van der Waals surface area contributed by atoms with Crippen LogP contribution in [0.2, 0.25) is 0 Å². The predicted octanol–water partition coefficient (Wildman–Crippen LogP) is 1.27. The number of hydrogen-bond donors (Lipinski definition) is 3. The molecular formula is C16H23N3O2. The summed E-state index contributed by atoms with van der Waals surface area (Å²) in [4.78, 5) is 17.3. The van der Waals surface area contributed by atoms with Crippen LogP contribution in [0.15, 0.2) is 30.5 Å². The summed E-state index contributed by atoms with van der Waals surface area (Å²) in [5.41, 5.74) is 8.20. The highest BCUT2D eigenvalue weighted by molar-refractivity contribution is 5.86. The molecule has 0 radical (unpaired) electrons. The minimum atomic E-state index is -0.553. The molecule has 0 bridgehead atoms. The number of carbonyl (C=O) groups excluding carboxylic acids is 1. The van der Waals surface area contributed by atoms with Gasteiger partial charge < -0.3 is 20.7 Å². The highest BCUT2D eigenvalue weighted by Crippen LogP contribution is 2.19. The summed E-state index contributed by atoms with van der Waals surface area (Å²) in [6, 6.07) is 7.43. The molecule has 5 heteroatoms. The maximum Gasteiger partial charge on any atom is 0.239 e. The SMILES string of the molecule is CCN(CCCO)C(=O)[C@H](N)Cc1c[nH]c2ccccc12. The van der Waals surface area contributed by atoms with Crippen molar-refractivity contribution in [2.45, 2.75) is 25.8 Å². The van der Waals surface area contributed by atoms with Gasteiger partial charge in [0.05, 0.1) is 6.04 Å². The van der Waals surface area contributed by atoms with Gasteiger partial charge in [-0.15, -0.1) is 0 Å². The maximum absolute atomic E-state index is 12.4. The third-order valence-corrected chi connectivity index (χ3v) is 3.71. The molecule has 1 aromatic heterocycles. The number of aliphatic hydroxyl groups excluding tert-OH is 1. The number of nitrogens with two attached hydrogens (primary N) is 1. The Labute approximate surface area is 124 Å². The van der Waals surface area contributed by atoms with E-state index in [1.165, 1.54) is 0 Å². The van der Waals surface area contributed by atoms with E-state index >= 15 is 0 Å². The molecule has 2 rings (SSSR count). The highest BCUT2D eigenvalue weighted by Gasteiger charge is 2.20. The zero-order valence-corrected chi connectivity index (χ0v) is 12.4. The lowest BCUT2D eigenvalue weighted by atomic mass is 10.0. The number of amides is 1. The summed E-state index contributed by atoms with van der Waals surface area (Å²) in [6.07, 6.45) is 3.01. The second-order valence-electron chi connectivity index (χ2n) is 5.17. The number of aliphatic hydroxyl groups is 1. The van der Waals surface area contributed by atoms with Crippen LogP contribution in [-0.2, 0) is 11.2 Å². The zero-order valence-electron chi connectivity index (χ0n) is 12.4. The number of aromatic nitrogens is 1. The number of likely N-dealkylation sites (N-methyl/N-ethyl adjacent to an activating group) is 1. The number of rotatable bonds is 7. The molecule has 1 aromatic carbocycles. The Kier molecular flexibility index (Phi) is 5.36. The van der Waals surface area contributed by atoms with Gasteiger partial charge >= 0.3 is 0 Å². The molecule has 0 aliphatic rings. The maximum atomic E-state index is 12.4. The van der Waals surface area contributed by atoms with Crippen LogP contribution >= 0.6 is 0 Å². The summed E-state index contributed by atoms with van der Waals surface area (Å²) in [5.74, 6) is -0.0590. The monoisotopic (exact) mass is 289 g/mol. The normalized spacial score (nSPS) is 12.5. The topological polar surface area (TPSA) is 82.3 Å². The van der Waals surface area contributed by atoms with Gasteiger partial charge in [-0.1, -0.05) is 18.2 Å². The lowest BCUT2D eigenvalue weighted by Gasteiger charge is -2.24. The molecule has 1 amide bonds. The van der Waals surface area contributed by atoms with E-state index in [0.29, 0.717) is 25.9 Å². The van der Waals surface area contributed by atoms with Crippen molar-refractivity contribution in [1.29, 1.82) is 0 Å². The lowest BCUT2D eigenvalue weighted by Crippen LogP contribution is -2.45. The number of para-hydroxylation sites is 1. The summed E-state index contributed by atoms with van der Waals surface area (Å²) in [6.45, 7) is 3.17. The molecule has 0 fully saturated rings. The molecule has 0 unspecified atom stereocenters. The van der Waals surface area contributed by atoms with Gasteiger partial charge in [0.15, 0.2) is 0 Å². The van der Waals surface area contributed by atoms with Gasteiger partial charge in [0, 0.05) is 36.8 Å². The molecule has 1 atom stereocenters. The van der Waals surface area contributed by atoms with Crippen molar-refractivity contribution in [3.63, 3.8) is 0 Å². The van der Waals surface area contributed by atoms with Crippen LogP contribution in [-0.4, -0.2) is 46.6 Å². The van der Waals surface area contributed by atoms with E-state index in [2.05, 4.69) is 4.98 Å². The Balaban J connectivity index is 2.06. The number of benzene rings is 1. The second kappa shape index (κ2) is 7.24. The third-order valence-electron chi connectivity index (χ3n) is 3.71. The fourth-order valence-electron chi connectivity index (χ4n) is 2.54. The molecule has 0 aliphatic carbocycles. The van der Waals surface area contributed by atoms with Crippen LogP contribution in [0.4, 0.5) is 0 Å². The van der Waals surface area contributed by atoms with Crippen LogP contribution in [0.1, 0.15) is 18.9 Å². The van der Waals surface area contributed by atoms with E-state index in [9.17, 15) is 4.79 Å². The Morgan fingerprint density at radius 1 is 1.43 bits per heavy atom. The minimum Gasteiger partial charge on any atom is -0.396 e. The van der Waals surface area contributed by atoms with E-state index < -0.39 is 6.04 Å². The van der Waals surface area contributed by atoms with Crippen molar-refractivity contribution in [1.82, 2.24) is 9.88 Å². The molecule has 0 saturated heterocycles. The average molecular weight is 289 g/mol. The van der Waals surface area contributed by atoms with Gasteiger partial charge in [0.2, 0.25) is 5.91 Å². The first kappa shape index (κ1) is 15.5. The first-order valence-corrected chi connectivity index (χ1v) is 7.37. The third kappa shape index (κ3) is 3.62. The summed E-state index contributed by atoms with van der Waals surface area (Å²) in [7, 11) is 0. The van der Waals surface area contributed by atoms with E-state index in [4.69, 9.17) is 10.8 Å². The molecule has 21 heavy (non-hydrogen) atoms. The quantitative estimate of drug-likeness (QED) is 0.718. The largest absolute Gasteiger partial charge is 0.396 e. The molecule has 114 valence electrons. The number of H-pyrrole nitrogens is 1. The molecule has 1 heterocycles. The molecule has 5 nitrogen and oxygen atoms in total. The van der Waals surface area contributed by atoms with Gasteiger partial charge in [0.1, 0.15) is 0 Å². The molecule has 4 N–H and O–H groups in total. The van der Waals surface area contributed by atoms with Crippen LogP contribution in [0.3, 0.4) is 0 Å². The van der Waals surface area contributed by atoms with Crippen molar-refractivity contribution in [2.24, 2.45) is 5.73 Å². The molecule has 0 saturated carbocycles. The van der Waals surface area contributed by atoms with Crippen molar-refractivity contribution >= 4 is 16.8 Å². The molecular weight excluding hydrogens is 266 g/mol. The highest BCUT2D eigenvalue weighted by atomic mass is 16.3. The summed E-state index contributed by atoms with van der Waals surface area (Å²) < 4.78 is 0. The van der Waals surface area contributed by atoms with Crippen molar-refractivity contribution in [3.05, 3.63) is 36.0 Å². The summed E-state index contributed by atoms with van der Waals surface area (Å²) >= 11 is 0. The number of nitrogens with one attached hydrogen (secondary N) is 1. The molecule has 0 aliphatic heterocycles. The van der Waals surface area contributed by atoms with E-state index in [1.54, 1.807) is 4.90 Å². The van der Waals surface area contributed by atoms with Crippen molar-refractivity contribution < 1.29 is 9.90 Å². The van der Waals surface area contributed by atoms with Crippen molar-refractivity contribution in [3.8, 4) is 0 Å². The smallest absolute Gasteiger partial charge is 0.239 e. The first-order valence-electron chi connectivity index (χ1n) is 7.37. The second-order valence-corrected chi connectivity index (χ2v) is 5.17. The van der Waals surface area contributed by atoms with Gasteiger partial charge in [-0.05, 0) is 31.4 Å². The number of carbonyl (C=O) groups is 1. The average Bonchev–Trinajstić information content (AvgIpc) is 2.91. The Morgan fingerprint density at radius 3 is 2.90 bits per heavy atom. The number of nitrogens with zero attached hydrogens (tertiary/aromatic N) is 1. The molecule has 2 aromatic rings. The zero-order chi connectivity index (χ0) is 15.2. The lowest BCUT2D eigenvalue weighted by molar-refractivity contribution is -0.132.